The van der Waals surface area contributed by atoms with Crippen molar-refractivity contribution in [2.45, 2.75) is 18.9 Å². The maximum Gasteiger partial charge on any atom is 0.223 e. The van der Waals surface area contributed by atoms with Gasteiger partial charge < -0.3 is 9.88 Å². The molecule has 23 heavy (non-hydrogen) atoms. The molecule has 5 heteroatoms. The van der Waals surface area contributed by atoms with Crippen LogP contribution >= 0.6 is 0 Å². The van der Waals surface area contributed by atoms with Crippen molar-refractivity contribution in [3.8, 4) is 0 Å². The average molecular weight is 309 g/mol. The topological polar surface area (TPSA) is 49.0 Å². The number of nitrogens with zero attached hydrogens (tertiary/aromatic N) is 2. The van der Waals surface area contributed by atoms with Crippen molar-refractivity contribution in [3.63, 3.8) is 0 Å². The number of imidazole rings is 1. The first-order valence-electron chi connectivity index (χ1n) is 7.66. The number of benzene rings is 2. The number of hydrogen-bond donors (Lipinski definition) is 1. The average Bonchev–Trinajstić information content (AvgIpc) is 3.13. The molecule has 0 radical (unpaired) electrons. The maximum absolute atomic E-state index is 13.0. The first kappa shape index (κ1) is 13.9. The Labute approximate surface area is 133 Å². The minimum Gasteiger partial charge on any atom is -0.342 e. The summed E-state index contributed by atoms with van der Waals surface area (Å²) in [7, 11) is 0. The van der Waals surface area contributed by atoms with Crippen LogP contribution in [0.4, 0.5) is 4.39 Å². The van der Waals surface area contributed by atoms with Crippen LogP contribution in [-0.2, 0) is 11.3 Å². The summed E-state index contributed by atoms with van der Waals surface area (Å²) in [5.74, 6) is 0.790. The smallest absolute Gasteiger partial charge is 0.223 e. The van der Waals surface area contributed by atoms with Crippen molar-refractivity contribution in [1.82, 2.24) is 14.9 Å². The van der Waals surface area contributed by atoms with E-state index in [9.17, 15) is 9.18 Å². The highest BCUT2D eigenvalue weighted by atomic mass is 19.1. The standard InChI is InChI=1S/C18H16FN3O/c19-14-7-5-12(6-8-14)10-22-11-13(9-17(22)23)18-20-15-3-1-2-4-16(15)21-18/h1-8,13H,9-11H2,(H,20,21)/t13-/m0/s1. The van der Waals surface area contributed by atoms with Gasteiger partial charge in [-0.3, -0.25) is 4.79 Å². The molecular weight excluding hydrogens is 293 g/mol. The van der Waals surface area contributed by atoms with Crippen molar-refractivity contribution in [1.29, 1.82) is 0 Å². The molecule has 0 bridgehead atoms. The van der Waals surface area contributed by atoms with Gasteiger partial charge in [0.2, 0.25) is 5.91 Å². The monoisotopic (exact) mass is 309 g/mol. The van der Waals surface area contributed by atoms with E-state index in [1.54, 1.807) is 12.1 Å². The lowest BCUT2D eigenvalue weighted by atomic mass is 10.1. The lowest BCUT2D eigenvalue weighted by molar-refractivity contribution is -0.128. The molecule has 4 rings (SSSR count). The molecule has 1 aliphatic heterocycles. The van der Waals surface area contributed by atoms with Crippen LogP contribution in [-0.4, -0.2) is 27.3 Å². The van der Waals surface area contributed by atoms with Crippen molar-refractivity contribution in [2.75, 3.05) is 6.54 Å². The van der Waals surface area contributed by atoms with E-state index in [1.165, 1.54) is 12.1 Å². The van der Waals surface area contributed by atoms with Gasteiger partial charge in [-0.1, -0.05) is 24.3 Å². The summed E-state index contributed by atoms with van der Waals surface area (Å²) in [6.45, 7) is 1.14. The fourth-order valence-corrected chi connectivity index (χ4v) is 3.08. The number of H-pyrrole nitrogens is 1. The van der Waals surface area contributed by atoms with Gasteiger partial charge in [0.15, 0.2) is 0 Å². The second-order valence-electron chi connectivity index (χ2n) is 5.94. The third-order valence-electron chi connectivity index (χ3n) is 4.30. The maximum atomic E-state index is 13.0. The summed E-state index contributed by atoms with van der Waals surface area (Å²) in [5.41, 5.74) is 2.85. The summed E-state index contributed by atoms with van der Waals surface area (Å²) in [5, 5.41) is 0. The van der Waals surface area contributed by atoms with Gasteiger partial charge in [0.25, 0.3) is 0 Å². The third-order valence-corrected chi connectivity index (χ3v) is 4.30. The van der Waals surface area contributed by atoms with E-state index in [4.69, 9.17) is 0 Å². The number of aromatic nitrogens is 2. The highest BCUT2D eigenvalue weighted by molar-refractivity contribution is 5.80. The number of rotatable bonds is 3. The van der Waals surface area contributed by atoms with Crippen LogP contribution < -0.4 is 0 Å². The zero-order chi connectivity index (χ0) is 15.8. The van der Waals surface area contributed by atoms with E-state index in [0.29, 0.717) is 19.5 Å². The SMILES string of the molecule is O=C1C[C@H](c2nc3ccccc3[nH]2)CN1Cc1ccc(F)cc1. The first-order chi connectivity index (χ1) is 11.2. The number of halogens is 1. The van der Waals surface area contributed by atoms with E-state index < -0.39 is 0 Å². The van der Waals surface area contributed by atoms with Crippen molar-refractivity contribution in [2.24, 2.45) is 0 Å². The second kappa shape index (κ2) is 5.50. The van der Waals surface area contributed by atoms with E-state index in [0.717, 1.165) is 22.4 Å². The molecule has 4 nitrogen and oxygen atoms in total. The number of aromatic amines is 1. The van der Waals surface area contributed by atoms with E-state index in [1.807, 2.05) is 29.2 Å². The number of fused-ring (bicyclic) bond motifs is 1. The first-order valence-corrected chi connectivity index (χ1v) is 7.66. The highest BCUT2D eigenvalue weighted by Gasteiger charge is 2.32. The molecule has 1 aromatic heterocycles. The predicted octanol–water partition coefficient (Wildman–Crippen LogP) is 3.22. The molecule has 1 N–H and O–H groups in total. The van der Waals surface area contributed by atoms with Crippen LogP contribution in [0.15, 0.2) is 48.5 Å². The summed E-state index contributed by atoms with van der Waals surface area (Å²) in [4.78, 5) is 22.0. The molecule has 0 unspecified atom stereocenters. The van der Waals surface area contributed by atoms with E-state index in [-0.39, 0.29) is 17.6 Å². The molecule has 2 heterocycles. The molecule has 1 aliphatic rings. The minimum atomic E-state index is -0.262. The van der Waals surface area contributed by atoms with E-state index in [2.05, 4.69) is 9.97 Å². The zero-order valence-electron chi connectivity index (χ0n) is 12.5. The number of carbonyl (C=O) groups is 1. The molecule has 1 amide bonds. The van der Waals surface area contributed by atoms with Gasteiger partial charge in [-0.05, 0) is 29.8 Å². The van der Waals surface area contributed by atoms with Gasteiger partial charge >= 0.3 is 0 Å². The van der Waals surface area contributed by atoms with Gasteiger partial charge in [-0.2, -0.15) is 0 Å². The number of hydrogen-bond acceptors (Lipinski definition) is 2. The van der Waals surface area contributed by atoms with Gasteiger partial charge in [0.1, 0.15) is 11.6 Å². The molecule has 1 saturated heterocycles. The summed E-state index contributed by atoms with van der Waals surface area (Å²) >= 11 is 0. The van der Waals surface area contributed by atoms with E-state index >= 15 is 0 Å². The third kappa shape index (κ3) is 2.70. The number of nitrogens with one attached hydrogen (secondary N) is 1. The highest BCUT2D eigenvalue weighted by Crippen LogP contribution is 2.28. The Morgan fingerprint density at radius 3 is 2.74 bits per heavy atom. The van der Waals surface area contributed by atoms with Crippen molar-refractivity contribution < 1.29 is 9.18 Å². The predicted molar refractivity (Wildman–Crippen MR) is 85.3 cm³/mol. The van der Waals surface area contributed by atoms with Gasteiger partial charge in [0.05, 0.1) is 11.0 Å². The minimum absolute atomic E-state index is 0.0790. The molecule has 2 aromatic carbocycles. The fourth-order valence-electron chi connectivity index (χ4n) is 3.08. The Kier molecular flexibility index (Phi) is 3.33. The molecule has 0 aliphatic carbocycles. The van der Waals surface area contributed by atoms with Gasteiger partial charge in [-0.15, -0.1) is 0 Å². The molecule has 0 saturated carbocycles. The van der Waals surface area contributed by atoms with Crippen molar-refractivity contribution in [3.05, 3.63) is 65.7 Å². The zero-order valence-corrected chi connectivity index (χ0v) is 12.5. The van der Waals surface area contributed by atoms with Gasteiger partial charge in [0, 0.05) is 25.4 Å². The largest absolute Gasteiger partial charge is 0.342 e. The second-order valence-corrected chi connectivity index (χ2v) is 5.94. The Morgan fingerprint density at radius 2 is 1.96 bits per heavy atom. The van der Waals surface area contributed by atoms with Crippen LogP contribution in [0.3, 0.4) is 0 Å². The van der Waals surface area contributed by atoms with Crippen LogP contribution in [0, 0.1) is 5.82 Å². The van der Waals surface area contributed by atoms with Crippen LogP contribution in [0.2, 0.25) is 0 Å². The Bertz CT molecular complexity index is 823. The van der Waals surface area contributed by atoms with Crippen LogP contribution in [0.5, 0.6) is 0 Å². The summed E-state index contributed by atoms with van der Waals surface area (Å²) in [6.07, 6.45) is 0.459. The summed E-state index contributed by atoms with van der Waals surface area (Å²) < 4.78 is 13.0. The van der Waals surface area contributed by atoms with Gasteiger partial charge in [-0.25, -0.2) is 9.37 Å². The number of likely N-dealkylation sites (tertiary alicyclic amines) is 1. The number of para-hydroxylation sites is 2. The molecule has 3 aromatic rings. The Morgan fingerprint density at radius 1 is 1.17 bits per heavy atom. The normalized spacial score (nSPS) is 18.0. The van der Waals surface area contributed by atoms with Crippen LogP contribution in [0.25, 0.3) is 11.0 Å². The quantitative estimate of drug-likeness (QED) is 0.807. The Balaban J connectivity index is 1.52. The molecule has 1 fully saturated rings. The molecule has 0 spiro atoms. The van der Waals surface area contributed by atoms with Crippen LogP contribution in [0.1, 0.15) is 23.7 Å². The number of carbonyl (C=O) groups excluding carboxylic acids is 1. The molecular formula is C18H16FN3O. The molecule has 116 valence electrons. The lowest BCUT2D eigenvalue weighted by Crippen LogP contribution is -2.24. The molecule has 1 atom stereocenters. The van der Waals surface area contributed by atoms with Crippen molar-refractivity contribution >= 4 is 16.9 Å². The fraction of sp³-hybridized carbons (Fsp3) is 0.222. The Hall–Kier alpha value is -2.69. The summed E-state index contributed by atoms with van der Waals surface area (Å²) in [6, 6.07) is 14.1. The number of amides is 1. The lowest BCUT2D eigenvalue weighted by Gasteiger charge is -2.16.